The van der Waals surface area contributed by atoms with Crippen molar-refractivity contribution in [3.05, 3.63) is 58.1 Å². The number of halogens is 1. The molecule has 18 heavy (non-hydrogen) atoms. The molecule has 2 rings (SSSR count). The molecular formula is C14H8BrN3. The van der Waals surface area contributed by atoms with Gasteiger partial charge in [-0.3, -0.25) is 0 Å². The normalized spacial score (nSPS) is 9.28. The Bertz CT molecular complexity index is 648. The van der Waals surface area contributed by atoms with Gasteiger partial charge < -0.3 is 5.32 Å². The first-order chi connectivity index (χ1) is 8.72. The molecule has 0 aromatic heterocycles. The van der Waals surface area contributed by atoms with Crippen LogP contribution in [0.25, 0.3) is 0 Å². The lowest BCUT2D eigenvalue weighted by Gasteiger charge is -2.08. The number of nitrogens with zero attached hydrogens (tertiary/aromatic N) is 2. The van der Waals surface area contributed by atoms with Crippen LogP contribution in [0.15, 0.2) is 46.9 Å². The van der Waals surface area contributed by atoms with Crippen molar-refractivity contribution in [2.45, 2.75) is 0 Å². The molecule has 0 radical (unpaired) electrons. The van der Waals surface area contributed by atoms with Crippen molar-refractivity contribution in [1.29, 1.82) is 10.5 Å². The lowest BCUT2D eigenvalue weighted by Crippen LogP contribution is -1.93. The molecule has 2 aromatic carbocycles. The predicted octanol–water partition coefficient (Wildman–Crippen LogP) is 3.94. The molecule has 0 saturated carbocycles. The summed E-state index contributed by atoms with van der Waals surface area (Å²) in [6, 6.07) is 16.7. The summed E-state index contributed by atoms with van der Waals surface area (Å²) in [4.78, 5) is 0. The SMILES string of the molecule is N#Cc1ccc(Nc2cc(Br)ccc2C#N)cc1. The minimum absolute atomic E-state index is 0.572. The highest BCUT2D eigenvalue weighted by atomic mass is 79.9. The van der Waals surface area contributed by atoms with Gasteiger partial charge in [-0.2, -0.15) is 10.5 Å². The molecule has 0 amide bonds. The number of hydrogen-bond acceptors (Lipinski definition) is 3. The number of nitriles is 2. The summed E-state index contributed by atoms with van der Waals surface area (Å²) in [7, 11) is 0. The fourth-order valence-electron chi connectivity index (χ4n) is 1.50. The summed E-state index contributed by atoms with van der Waals surface area (Å²) >= 11 is 3.37. The number of benzene rings is 2. The number of anilines is 2. The largest absolute Gasteiger partial charge is 0.354 e. The molecule has 86 valence electrons. The van der Waals surface area contributed by atoms with Gasteiger partial charge in [0.05, 0.1) is 22.9 Å². The molecule has 0 fully saturated rings. The van der Waals surface area contributed by atoms with E-state index in [0.29, 0.717) is 11.1 Å². The van der Waals surface area contributed by atoms with Gasteiger partial charge in [-0.1, -0.05) is 15.9 Å². The van der Waals surface area contributed by atoms with Gasteiger partial charge in [0, 0.05) is 10.2 Å². The molecule has 0 aliphatic carbocycles. The Labute approximate surface area is 113 Å². The van der Waals surface area contributed by atoms with Gasteiger partial charge in [-0.15, -0.1) is 0 Å². The molecule has 0 bridgehead atoms. The average molecular weight is 298 g/mol. The van der Waals surface area contributed by atoms with Gasteiger partial charge in [-0.25, -0.2) is 0 Å². The first-order valence-electron chi connectivity index (χ1n) is 5.20. The van der Waals surface area contributed by atoms with E-state index in [1.54, 1.807) is 30.3 Å². The van der Waals surface area contributed by atoms with Crippen LogP contribution in [0.4, 0.5) is 11.4 Å². The number of hydrogen-bond donors (Lipinski definition) is 1. The Hall–Kier alpha value is -2.30. The van der Waals surface area contributed by atoms with Crippen LogP contribution in [0.1, 0.15) is 11.1 Å². The standard InChI is InChI=1S/C14H8BrN3/c15-12-4-3-11(9-17)14(7-12)18-13-5-1-10(8-16)2-6-13/h1-7,18H. The molecule has 0 aliphatic heterocycles. The van der Waals surface area contributed by atoms with Gasteiger partial charge in [-0.05, 0) is 42.5 Å². The van der Waals surface area contributed by atoms with Crippen molar-refractivity contribution in [2.75, 3.05) is 5.32 Å². The number of nitrogens with one attached hydrogen (secondary N) is 1. The summed E-state index contributed by atoms with van der Waals surface area (Å²) in [5, 5.41) is 20.9. The van der Waals surface area contributed by atoms with E-state index in [1.807, 2.05) is 12.1 Å². The second-order valence-corrected chi connectivity index (χ2v) is 4.53. The van der Waals surface area contributed by atoms with Crippen molar-refractivity contribution < 1.29 is 0 Å². The van der Waals surface area contributed by atoms with Crippen LogP contribution in [0.3, 0.4) is 0 Å². The maximum Gasteiger partial charge on any atom is 0.101 e. The van der Waals surface area contributed by atoms with Crippen LogP contribution in [-0.4, -0.2) is 0 Å². The van der Waals surface area contributed by atoms with E-state index in [-0.39, 0.29) is 0 Å². The van der Waals surface area contributed by atoms with E-state index >= 15 is 0 Å². The van der Waals surface area contributed by atoms with Gasteiger partial charge in [0.1, 0.15) is 6.07 Å². The van der Waals surface area contributed by atoms with Crippen molar-refractivity contribution in [3.63, 3.8) is 0 Å². The highest BCUT2D eigenvalue weighted by molar-refractivity contribution is 9.10. The zero-order valence-corrected chi connectivity index (χ0v) is 10.9. The van der Waals surface area contributed by atoms with Gasteiger partial charge in [0.15, 0.2) is 0 Å². The predicted molar refractivity (Wildman–Crippen MR) is 73.3 cm³/mol. The molecule has 3 nitrogen and oxygen atoms in total. The summed E-state index contributed by atoms with van der Waals surface area (Å²) < 4.78 is 0.901. The minimum Gasteiger partial charge on any atom is -0.354 e. The van der Waals surface area contributed by atoms with Crippen LogP contribution in [0.5, 0.6) is 0 Å². The average Bonchev–Trinajstić information content (AvgIpc) is 2.40. The van der Waals surface area contributed by atoms with E-state index < -0.39 is 0 Å². The molecule has 1 N–H and O–H groups in total. The second-order valence-electron chi connectivity index (χ2n) is 3.62. The molecule has 0 heterocycles. The number of rotatable bonds is 2. The topological polar surface area (TPSA) is 59.6 Å². The van der Waals surface area contributed by atoms with Crippen LogP contribution >= 0.6 is 15.9 Å². The van der Waals surface area contributed by atoms with E-state index in [0.717, 1.165) is 15.8 Å². The summed E-state index contributed by atoms with van der Waals surface area (Å²) in [5.41, 5.74) is 2.75. The minimum atomic E-state index is 0.572. The first kappa shape index (κ1) is 12.2. The molecule has 0 unspecified atom stereocenters. The quantitative estimate of drug-likeness (QED) is 0.913. The van der Waals surface area contributed by atoms with Gasteiger partial charge in [0.2, 0.25) is 0 Å². The maximum atomic E-state index is 9.02. The Morgan fingerprint density at radius 1 is 0.944 bits per heavy atom. The van der Waals surface area contributed by atoms with Crippen molar-refractivity contribution in [2.24, 2.45) is 0 Å². The fraction of sp³-hybridized carbons (Fsp3) is 0. The third-order valence-electron chi connectivity index (χ3n) is 2.40. The Morgan fingerprint density at radius 3 is 2.28 bits per heavy atom. The summed E-state index contributed by atoms with van der Waals surface area (Å²) in [6.45, 7) is 0. The maximum absolute atomic E-state index is 9.02. The van der Waals surface area contributed by atoms with E-state index in [1.165, 1.54) is 0 Å². The van der Waals surface area contributed by atoms with Crippen LogP contribution in [0.2, 0.25) is 0 Å². The summed E-state index contributed by atoms with van der Waals surface area (Å²) in [5.74, 6) is 0. The monoisotopic (exact) mass is 297 g/mol. The lowest BCUT2D eigenvalue weighted by atomic mass is 10.1. The van der Waals surface area contributed by atoms with E-state index in [2.05, 4.69) is 33.4 Å². The zero-order valence-electron chi connectivity index (χ0n) is 9.31. The Kier molecular flexibility index (Phi) is 3.62. The molecular weight excluding hydrogens is 290 g/mol. The fourth-order valence-corrected chi connectivity index (χ4v) is 1.86. The Balaban J connectivity index is 2.31. The third-order valence-corrected chi connectivity index (χ3v) is 2.89. The second kappa shape index (κ2) is 5.35. The van der Waals surface area contributed by atoms with Crippen molar-refractivity contribution >= 4 is 27.3 Å². The molecule has 0 spiro atoms. The summed E-state index contributed by atoms with van der Waals surface area (Å²) in [6.07, 6.45) is 0. The van der Waals surface area contributed by atoms with Gasteiger partial charge in [0.25, 0.3) is 0 Å². The highest BCUT2D eigenvalue weighted by Gasteiger charge is 2.03. The lowest BCUT2D eigenvalue weighted by molar-refractivity contribution is 1.44. The van der Waals surface area contributed by atoms with Gasteiger partial charge >= 0.3 is 0 Å². The first-order valence-corrected chi connectivity index (χ1v) is 5.99. The van der Waals surface area contributed by atoms with E-state index in [9.17, 15) is 0 Å². The molecule has 2 aromatic rings. The van der Waals surface area contributed by atoms with Crippen LogP contribution in [0, 0.1) is 22.7 Å². The van der Waals surface area contributed by atoms with Crippen molar-refractivity contribution in [3.8, 4) is 12.1 Å². The zero-order chi connectivity index (χ0) is 13.0. The molecule has 4 heteroatoms. The van der Waals surface area contributed by atoms with Crippen LogP contribution < -0.4 is 5.32 Å². The van der Waals surface area contributed by atoms with Crippen LogP contribution in [-0.2, 0) is 0 Å². The van der Waals surface area contributed by atoms with E-state index in [4.69, 9.17) is 10.5 Å². The molecule has 0 saturated heterocycles. The highest BCUT2D eigenvalue weighted by Crippen LogP contribution is 2.24. The molecule has 0 aliphatic rings. The molecule has 0 atom stereocenters. The van der Waals surface area contributed by atoms with Crippen molar-refractivity contribution in [1.82, 2.24) is 0 Å². The smallest absolute Gasteiger partial charge is 0.101 e. The third kappa shape index (κ3) is 2.68. The Morgan fingerprint density at radius 2 is 1.67 bits per heavy atom.